The normalized spacial score (nSPS) is 25.8. The van der Waals surface area contributed by atoms with Gasteiger partial charge in [-0.15, -0.1) is 0 Å². The third-order valence-electron chi connectivity index (χ3n) is 7.03. The number of urea groups is 1. The topological polar surface area (TPSA) is 76.1 Å². The Hall–Kier alpha value is -2.12. The Morgan fingerprint density at radius 1 is 1.16 bits per heavy atom. The molecular formula is C24H36N4O3. The van der Waals surface area contributed by atoms with Crippen molar-refractivity contribution >= 4 is 11.9 Å². The number of aliphatic hydroxyl groups excluding tert-OH is 1. The van der Waals surface area contributed by atoms with Gasteiger partial charge in [-0.2, -0.15) is 0 Å². The number of fused-ring (bicyclic) bond motifs is 1. The van der Waals surface area contributed by atoms with Gasteiger partial charge in [0, 0.05) is 57.8 Å². The van der Waals surface area contributed by atoms with Crippen molar-refractivity contribution in [2.75, 3.05) is 39.3 Å². The molecule has 1 aromatic carbocycles. The van der Waals surface area contributed by atoms with Gasteiger partial charge in [0.1, 0.15) is 0 Å². The Morgan fingerprint density at radius 3 is 2.77 bits per heavy atom. The van der Waals surface area contributed by atoms with E-state index in [0.29, 0.717) is 19.6 Å². The summed E-state index contributed by atoms with van der Waals surface area (Å²) in [6.07, 6.45) is 4.28. The molecule has 170 valence electrons. The Balaban J connectivity index is 1.22. The average molecular weight is 429 g/mol. The number of carbonyl (C=O) groups is 2. The summed E-state index contributed by atoms with van der Waals surface area (Å²) in [5.41, 5.74) is 2.72. The molecule has 0 bridgehead atoms. The van der Waals surface area contributed by atoms with E-state index in [-0.39, 0.29) is 30.4 Å². The third-order valence-corrected chi connectivity index (χ3v) is 7.03. The number of hydrogen-bond donors (Lipinski definition) is 2. The molecule has 2 saturated heterocycles. The molecule has 2 N–H and O–H groups in total. The van der Waals surface area contributed by atoms with E-state index in [9.17, 15) is 14.7 Å². The summed E-state index contributed by atoms with van der Waals surface area (Å²) in [5.74, 6) is 0.326. The monoisotopic (exact) mass is 428 g/mol. The zero-order valence-corrected chi connectivity index (χ0v) is 18.6. The van der Waals surface area contributed by atoms with Crippen molar-refractivity contribution in [3.63, 3.8) is 0 Å². The minimum absolute atomic E-state index is 0.0925. The second-order valence-corrected chi connectivity index (χ2v) is 9.41. The molecule has 0 aliphatic carbocycles. The lowest BCUT2D eigenvalue weighted by atomic mass is 9.95. The highest BCUT2D eigenvalue weighted by molar-refractivity contribution is 5.80. The largest absolute Gasteiger partial charge is 0.390 e. The first-order valence-electron chi connectivity index (χ1n) is 11.8. The van der Waals surface area contributed by atoms with Crippen molar-refractivity contribution in [2.24, 2.45) is 5.92 Å². The van der Waals surface area contributed by atoms with E-state index >= 15 is 0 Å². The minimum atomic E-state index is -0.598. The maximum atomic E-state index is 12.7. The van der Waals surface area contributed by atoms with Crippen LogP contribution in [0.2, 0.25) is 0 Å². The summed E-state index contributed by atoms with van der Waals surface area (Å²) >= 11 is 0. The zero-order chi connectivity index (χ0) is 21.8. The van der Waals surface area contributed by atoms with Gasteiger partial charge in [0.25, 0.3) is 0 Å². The highest BCUT2D eigenvalue weighted by Gasteiger charge is 2.34. The van der Waals surface area contributed by atoms with Gasteiger partial charge in [0.05, 0.1) is 6.10 Å². The molecule has 3 aliphatic heterocycles. The van der Waals surface area contributed by atoms with Gasteiger partial charge in [0.2, 0.25) is 5.91 Å². The number of piperidine rings is 2. The number of amides is 3. The maximum absolute atomic E-state index is 12.7. The van der Waals surface area contributed by atoms with Crippen LogP contribution in [0.3, 0.4) is 0 Å². The van der Waals surface area contributed by atoms with Crippen molar-refractivity contribution in [3.05, 3.63) is 35.4 Å². The molecule has 0 saturated carbocycles. The molecule has 3 amide bonds. The average Bonchev–Trinajstić information content (AvgIpc) is 2.79. The molecule has 0 spiro atoms. The molecule has 0 aromatic heterocycles. The summed E-state index contributed by atoms with van der Waals surface area (Å²) in [5, 5.41) is 13.4. The Labute approximate surface area is 185 Å². The van der Waals surface area contributed by atoms with Crippen LogP contribution in [-0.2, 0) is 17.8 Å². The van der Waals surface area contributed by atoms with Gasteiger partial charge in [-0.05, 0) is 43.2 Å². The highest BCUT2D eigenvalue weighted by atomic mass is 16.3. The zero-order valence-electron chi connectivity index (χ0n) is 18.6. The SMILES string of the molecule is CC1CCCN([C@@H]2CCCN(C(=O)NC[C@H](O)CN3CCc4ccccc4C3)C2)C1=O. The number of nitrogens with zero attached hydrogens (tertiary/aromatic N) is 3. The van der Waals surface area contributed by atoms with Crippen molar-refractivity contribution in [2.45, 2.75) is 57.7 Å². The lowest BCUT2D eigenvalue weighted by molar-refractivity contribution is -0.141. The predicted molar refractivity (Wildman–Crippen MR) is 120 cm³/mol. The Bertz CT molecular complexity index is 786. The van der Waals surface area contributed by atoms with Crippen LogP contribution in [0.4, 0.5) is 4.79 Å². The van der Waals surface area contributed by atoms with E-state index in [1.54, 1.807) is 0 Å². The van der Waals surface area contributed by atoms with Crippen molar-refractivity contribution < 1.29 is 14.7 Å². The van der Waals surface area contributed by atoms with E-state index in [4.69, 9.17) is 0 Å². The van der Waals surface area contributed by atoms with Crippen LogP contribution < -0.4 is 5.32 Å². The molecule has 7 heteroatoms. The van der Waals surface area contributed by atoms with Crippen LogP contribution in [0.15, 0.2) is 24.3 Å². The molecule has 3 atom stereocenters. The van der Waals surface area contributed by atoms with Gasteiger partial charge >= 0.3 is 6.03 Å². The number of aliphatic hydroxyl groups is 1. The molecule has 3 heterocycles. The van der Waals surface area contributed by atoms with Gasteiger partial charge < -0.3 is 20.2 Å². The van der Waals surface area contributed by atoms with Crippen molar-refractivity contribution in [1.29, 1.82) is 0 Å². The predicted octanol–water partition coefficient (Wildman–Crippen LogP) is 1.84. The smallest absolute Gasteiger partial charge is 0.317 e. The van der Waals surface area contributed by atoms with Crippen molar-refractivity contribution in [1.82, 2.24) is 20.0 Å². The first-order chi connectivity index (χ1) is 15.0. The van der Waals surface area contributed by atoms with Gasteiger partial charge in [-0.1, -0.05) is 31.2 Å². The fourth-order valence-electron chi connectivity index (χ4n) is 5.23. The van der Waals surface area contributed by atoms with E-state index in [2.05, 4.69) is 34.5 Å². The van der Waals surface area contributed by atoms with Crippen LogP contribution in [0.1, 0.15) is 43.7 Å². The molecular weight excluding hydrogens is 392 g/mol. The second kappa shape index (κ2) is 10.0. The fraction of sp³-hybridized carbons (Fsp3) is 0.667. The number of rotatable bonds is 5. The Morgan fingerprint density at radius 2 is 1.94 bits per heavy atom. The summed E-state index contributed by atoms with van der Waals surface area (Å²) in [4.78, 5) is 31.3. The molecule has 1 aromatic rings. The van der Waals surface area contributed by atoms with Crippen LogP contribution in [0, 0.1) is 5.92 Å². The second-order valence-electron chi connectivity index (χ2n) is 9.41. The summed E-state index contributed by atoms with van der Waals surface area (Å²) in [7, 11) is 0. The first-order valence-corrected chi connectivity index (χ1v) is 11.8. The van der Waals surface area contributed by atoms with E-state index < -0.39 is 6.10 Å². The van der Waals surface area contributed by atoms with Gasteiger partial charge in [0.15, 0.2) is 0 Å². The number of likely N-dealkylation sites (tertiary alicyclic amines) is 2. The molecule has 0 radical (unpaired) electrons. The van der Waals surface area contributed by atoms with E-state index in [1.165, 1.54) is 11.1 Å². The standard InChI is InChI=1S/C24H36N4O3/c1-18-6-4-12-28(23(18)30)21-9-5-11-27(16-21)24(31)25-14-22(29)17-26-13-10-19-7-2-3-8-20(19)15-26/h2-3,7-8,18,21-22,29H,4-6,9-17H2,1H3,(H,25,31)/t18?,21-,22+/m1/s1. The molecule has 31 heavy (non-hydrogen) atoms. The molecule has 7 nitrogen and oxygen atoms in total. The van der Waals surface area contributed by atoms with E-state index in [1.807, 2.05) is 16.7 Å². The molecule has 1 unspecified atom stereocenters. The number of hydrogen-bond acceptors (Lipinski definition) is 4. The number of benzene rings is 1. The quantitative estimate of drug-likeness (QED) is 0.750. The van der Waals surface area contributed by atoms with Crippen LogP contribution >= 0.6 is 0 Å². The van der Waals surface area contributed by atoms with Crippen LogP contribution in [-0.4, -0.2) is 83.2 Å². The number of carbonyl (C=O) groups excluding carboxylic acids is 2. The summed E-state index contributed by atoms with van der Waals surface area (Å²) in [6.45, 7) is 6.68. The summed E-state index contributed by atoms with van der Waals surface area (Å²) < 4.78 is 0. The lowest BCUT2D eigenvalue weighted by Crippen LogP contribution is -2.56. The molecule has 2 fully saturated rings. The van der Waals surface area contributed by atoms with Gasteiger partial charge in [-0.25, -0.2) is 4.79 Å². The van der Waals surface area contributed by atoms with Crippen LogP contribution in [0.25, 0.3) is 0 Å². The first kappa shape index (κ1) is 22.1. The van der Waals surface area contributed by atoms with E-state index in [0.717, 1.165) is 51.7 Å². The lowest BCUT2D eigenvalue weighted by Gasteiger charge is -2.42. The summed E-state index contributed by atoms with van der Waals surface area (Å²) in [6, 6.07) is 8.44. The number of β-amino-alcohol motifs (C(OH)–C–C–N with tert-alkyl or cyclic N) is 1. The molecule has 4 rings (SSSR count). The Kier molecular flexibility index (Phi) is 7.13. The number of nitrogens with one attached hydrogen (secondary N) is 1. The third kappa shape index (κ3) is 5.39. The maximum Gasteiger partial charge on any atom is 0.317 e. The molecule has 3 aliphatic rings. The fourth-order valence-corrected chi connectivity index (χ4v) is 5.23. The van der Waals surface area contributed by atoms with Gasteiger partial charge in [-0.3, -0.25) is 9.69 Å². The highest BCUT2D eigenvalue weighted by Crippen LogP contribution is 2.24. The van der Waals surface area contributed by atoms with Crippen molar-refractivity contribution in [3.8, 4) is 0 Å². The van der Waals surface area contributed by atoms with Crippen LogP contribution in [0.5, 0.6) is 0 Å². The minimum Gasteiger partial charge on any atom is -0.390 e.